The van der Waals surface area contributed by atoms with E-state index in [9.17, 15) is 14.7 Å². The Morgan fingerprint density at radius 3 is 2.75 bits per heavy atom. The number of urea groups is 1. The first-order valence-corrected chi connectivity index (χ1v) is 7.24. The molecular formula is C14H24N2O4. The molecule has 0 aromatic heterocycles. The molecular weight excluding hydrogens is 260 g/mol. The molecule has 0 aliphatic carbocycles. The molecule has 0 saturated carbocycles. The number of hydrogen-bond acceptors (Lipinski definition) is 3. The summed E-state index contributed by atoms with van der Waals surface area (Å²) in [5, 5.41) is 12.2. The maximum atomic E-state index is 12.4. The molecule has 0 aromatic rings. The number of rotatable bonds is 3. The van der Waals surface area contributed by atoms with E-state index in [1.165, 1.54) is 0 Å². The van der Waals surface area contributed by atoms with Crippen LogP contribution in [-0.4, -0.2) is 53.8 Å². The number of likely N-dealkylation sites (tertiary alicyclic amines) is 1. The van der Waals surface area contributed by atoms with E-state index in [0.717, 1.165) is 19.4 Å². The molecule has 0 radical (unpaired) electrons. The summed E-state index contributed by atoms with van der Waals surface area (Å²) in [4.78, 5) is 25.6. The van der Waals surface area contributed by atoms with Gasteiger partial charge < -0.3 is 20.1 Å². The van der Waals surface area contributed by atoms with Crippen molar-refractivity contribution >= 4 is 12.0 Å². The monoisotopic (exact) mass is 284 g/mol. The van der Waals surface area contributed by atoms with Crippen molar-refractivity contribution < 1.29 is 19.4 Å². The Kier molecular flexibility index (Phi) is 4.22. The van der Waals surface area contributed by atoms with Gasteiger partial charge in [-0.1, -0.05) is 13.8 Å². The van der Waals surface area contributed by atoms with Crippen LogP contribution in [0.1, 0.15) is 33.6 Å². The van der Waals surface area contributed by atoms with Crippen molar-refractivity contribution in [2.24, 2.45) is 11.3 Å². The second-order valence-corrected chi connectivity index (χ2v) is 6.39. The van der Waals surface area contributed by atoms with Gasteiger partial charge in [0.1, 0.15) is 5.41 Å². The summed E-state index contributed by atoms with van der Waals surface area (Å²) in [7, 11) is 0. The first-order valence-electron chi connectivity index (χ1n) is 7.24. The highest BCUT2D eigenvalue weighted by molar-refractivity contribution is 5.79. The lowest BCUT2D eigenvalue weighted by Crippen LogP contribution is -2.54. The normalized spacial score (nSPS) is 33.7. The van der Waals surface area contributed by atoms with Crippen molar-refractivity contribution in [2.45, 2.75) is 45.7 Å². The first kappa shape index (κ1) is 15.1. The molecule has 2 N–H and O–H groups in total. The molecule has 0 spiro atoms. The molecule has 2 fully saturated rings. The van der Waals surface area contributed by atoms with E-state index in [-0.39, 0.29) is 25.3 Å². The third-order valence-electron chi connectivity index (χ3n) is 4.57. The lowest BCUT2D eigenvalue weighted by molar-refractivity contribution is -0.148. The lowest BCUT2D eigenvalue weighted by atomic mass is 9.85. The highest BCUT2D eigenvalue weighted by Crippen LogP contribution is 2.30. The molecule has 2 aliphatic heterocycles. The molecule has 2 heterocycles. The maximum Gasteiger partial charge on any atom is 0.317 e. The Hall–Kier alpha value is -1.30. The molecule has 2 aliphatic rings. The minimum absolute atomic E-state index is 0.140. The molecule has 0 bridgehead atoms. The number of carboxylic acids is 1. The summed E-state index contributed by atoms with van der Waals surface area (Å²) in [5.74, 6) is -0.518. The van der Waals surface area contributed by atoms with E-state index >= 15 is 0 Å². The molecule has 2 saturated heterocycles. The minimum atomic E-state index is -1.04. The number of hydrogen-bond donors (Lipinski definition) is 2. The van der Waals surface area contributed by atoms with E-state index in [2.05, 4.69) is 19.2 Å². The van der Waals surface area contributed by atoms with Crippen molar-refractivity contribution in [3.63, 3.8) is 0 Å². The zero-order chi connectivity index (χ0) is 14.9. The van der Waals surface area contributed by atoms with Crippen LogP contribution in [0, 0.1) is 11.3 Å². The molecule has 6 heteroatoms. The summed E-state index contributed by atoms with van der Waals surface area (Å²) < 4.78 is 5.26. The minimum Gasteiger partial charge on any atom is -0.481 e. The van der Waals surface area contributed by atoms with Crippen molar-refractivity contribution in [1.29, 1.82) is 0 Å². The Labute approximate surface area is 119 Å². The largest absolute Gasteiger partial charge is 0.481 e. The van der Waals surface area contributed by atoms with E-state index in [4.69, 9.17) is 4.74 Å². The van der Waals surface area contributed by atoms with Crippen molar-refractivity contribution in [3.05, 3.63) is 0 Å². The number of nitrogens with one attached hydrogen (secondary N) is 1. The fraction of sp³-hybridized carbons (Fsp3) is 0.857. The van der Waals surface area contributed by atoms with Crippen LogP contribution in [0.5, 0.6) is 0 Å². The van der Waals surface area contributed by atoms with Crippen LogP contribution < -0.4 is 5.32 Å². The van der Waals surface area contributed by atoms with Gasteiger partial charge in [-0.05, 0) is 25.7 Å². The average molecular weight is 284 g/mol. The molecule has 2 rings (SSSR count). The molecule has 0 aromatic carbocycles. The van der Waals surface area contributed by atoms with Gasteiger partial charge in [0, 0.05) is 12.6 Å². The van der Waals surface area contributed by atoms with Crippen LogP contribution in [-0.2, 0) is 9.53 Å². The van der Waals surface area contributed by atoms with Crippen molar-refractivity contribution in [3.8, 4) is 0 Å². The van der Waals surface area contributed by atoms with E-state index in [0.29, 0.717) is 5.92 Å². The Morgan fingerprint density at radius 1 is 1.45 bits per heavy atom. The number of ether oxygens (including phenoxy) is 1. The van der Waals surface area contributed by atoms with Gasteiger partial charge in [0.2, 0.25) is 0 Å². The highest BCUT2D eigenvalue weighted by Gasteiger charge is 2.48. The fourth-order valence-electron chi connectivity index (χ4n) is 3.05. The second-order valence-electron chi connectivity index (χ2n) is 6.39. The Morgan fingerprint density at radius 2 is 2.15 bits per heavy atom. The average Bonchev–Trinajstić information content (AvgIpc) is 2.97. The van der Waals surface area contributed by atoms with Gasteiger partial charge >= 0.3 is 12.0 Å². The van der Waals surface area contributed by atoms with Gasteiger partial charge in [0.15, 0.2) is 0 Å². The number of carboxylic acid groups (broad SMARTS) is 1. The zero-order valence-corrected chi connectivity index (χ0v) is 12.4. The summed E-state index contributed by atoms with van der Waals surface area (Å²) in [6.07, 6.45) is 2.02. The summed E-state index contributed by atoms with van der Waals surface area (Å²) >= 11 is 0. The van der Waals surface area contributed by atoms with E-state index < -0.39 is 17.4 Å². The molecule has 3 unspecified atom stereocenters. The van der Waals surface area contributed by atoms with Crippen LogP contribution in [0.4, 0.5) is 4.79 Å². The van der Waals surface area contributed by atoms with Crippen LogP contribution in [0.15, 0.2) is 0 Å². The molecule has 20 heavy (non-hydrogen) atoms. The lowest BCUT2D eigenvalue weighted by Gasteiger charge is -2.31. The molecule has 6 nitrogen and oxygen atoms in total. The summed E-state index contributed by atoms with van der Waals surface area (Å²) in [6.45, 7) is 6.98. The number of amides is 2. The van der Waals surface area contributed by atoms with Crippen LogP contribution >= 0.6 is 0 Å². The van der Waals surface area contributed by atoms with Gasteiger partial charge in [-0.25, -0.2) is 4.79 Å². The Bertz CT molecular complexity index is 399. The van der Waals surface area contributed by atoms with E-state index in [1.54, 1.807) is 6.92 Å². The van der Waals surface area contributed by atoms with Crippen LogP contribution in [0.2, 0.25) is 0 Å². The molecule has 2 amide bonds. The Balaban J connectivity index is 2.02. The number of nitrogens with zero attached hydrogens (tertiary/aromatic N) is 1. The highest BCUT2D eigenvalue weighted by atomic mass is 16.5. The van der Waals surface area contributed by atoms with Gasteiger partial charge in [0.05, 0.1) is 19.3 Å². The molecule has 114 valence electrons. The maximum absolute atomic E-state index is 12.4. The van der Waals surface area contributed by atoms with Crippen LogP contribution in [0.3, 0.4) is 0 Å². The number of carbonyl (C=O) groups excluding carboxylic acids is 1. The number of aliphatic carboxylic acids is 1. The van der Waals surface area contributed by atoms with Crippen LogP contribution in [0.25, 0.3) is 0 Å². The third-order valence-corrected chi connectivity index (χ3v) is 4.57. The predicted molar refractivity (Wildman–Crippen MR) is 73.4 cm³/mol. The predicted octanol–water partition coefficient (Wildman–Crippen LogP) is 1.31. The second kappa shape index (κ2) is 5.60. The van der Waals surface area contributed by atoms with Crippen molar-refractivity contribution in [1.82, 2.24) is 10.2 Å². The molecule has 3 atom stereocenters. The number of carbonyl (C=O) groups is 2. The topological polar surface area (TPSA) is 78.9 Å². The third kappa shape index (κ3) is 2.61. The summed E-state index contributed by atoms with van der Waals surface area (Å²) in [6, 6.07) is -0.390. The van der Waals surface area contributed by atoms with Gasteiger partial charge in [-0.3, -0.25) is 4.79 Å². The smallest absolute Gasteiger partial charge is 0.317 e. The summed E-state index contributed by atoms with van der Waals surface area (Å²) in [5.41, 5.74) is -1.04. The van der Waals surface area contributed by atoms with E-state index in [1.807, 2.05) is 4.90 Å². The first-order chi connectivity index (χ1) is 9.36. The van der Waals surface area contributed by atoms with Gasteiger partial charge in [-0.15, -0.1) is 0 Å². The van der Waals surface area contributed by atoms with Crippen molar-refractivity contribution in [2.75, 3.05) is 19.8 Å². The SMILES string of the molecule is CC(C)C1CCCN1C(=O)NC1COCC1(C)C(=O)O. The standard InChI is InChI=1S/C14H24N2O4/c1-9(2)10-5-4-6-16(10)13(19)15-11-7-20-8-14(11,3)12(17)18/h9-11H,4-8H2,1-3H3,(H,15,19)(H,17,18). The quantitative estimate of drug-likeness (QED) is 0.819. The van der Waals surface area contributed by atoms with Gasteiger partial charge in [-0.2, -0.15) is 0 Å². The zero-order valence-electron chi connectivity index (χ0n) is 12.4. The van der Waals surface area contributed by atoms with Gasteiger partial charge in [0.25, 0.3) is 0 Å². The fourth-order valence-corrected chi connectivity index (χ4v) is 3.05.